The Morgan fingerprint density at radius 2 is 0.836 bits per heavy atom. The Bertz CT molecular complexity index is 3870. The van der Waals surface area contributed by atoms with E-state index in [1.807, 2.05) is 18.2 Å². The molecule has 0 radical (unpaired) electrons. The van der Waals surface area contributed by atoms with E-state index in [0.717, 1.165) is 116 Å². The van der Waals surface area contributed by atoms with Crippen molar-refractivity contribution in [1.82, 2.24) is 15.0 Å². The summed E-state index contributed by atoms with van der Waals surface area (Å²) in [6, 6.07) is 70.8. The Kier molecular flexibility index (Phi) is 7.27. The highest BCUT2D eigenvalue weighted by Crippen LogP contribution is 2.45. The van der Waals surface area contributed by atoms with Crippen LogP contribution in [0.3, 0.4) is 0 Å². The van der Waals surface area contributed by atoms with E-state index >= 15 is 0 Å². The van der Waals surface area contributed by atoms with Gasteiger partial charge in [-0.1, -0.05) is 170 Å². The number of aromatic nitrogens is 3. The number of para-hydroxylation sites is 2. The molecule has 0 aliphatic heterocycles. The fourth-order valence-electron chi connectivity index (χ4n) is 9.62. The standard InChI is InChI=1S/C57H33N3O/c1-2-12-34(13-3-1)47-32-28-37-26-27-38-29-33-49(60-56(38)55(37)58-47)52-42-17-6-4-15-40(42)51(41-16-5-7-18-43(41)52)35-22-24-36(25-23-35)54-46-31-30-44-39-14-9-11-21-50(39)61-57(44)53(46)45-19-8-10-20-48(45)59-54/h1-33H. The molecule has 13 aromatic rings. The number of furan rings is 1. The molecule has 0 unspecified atom stereocenters. The van der Waals surface area contributed by atoms with Gasteiger partial charge in [0, 0.05) is 54.4 Å². The summed E-state index contributed by atoms with van der Waals surface area (Å²) in [6.45, 7) is 0. The monoisotopic (exact) mass is 775 g/mol. The summed E-state index contributed by atoms with van der Waals surface area (Å²) in [6.07, 6.45) is 0. The van der Waals surface area contributed by atoms with Crippen molar-refractivity contribution in [1.29, 1.82) is 0 Å². The predicted octanol–water partition coefficient (Wildman–Crippen LogP) is 15.4. The van der Waals surface area contributed by atoms with Crippen LogP contribution in [0, 0.1) is 0 Å². The first-order chi connectivity index (χ1) is 30.2. The molecule has 13 rings (SSSR count). The van der Waals surface area contributed by atoms with Gasteiger partial charge < -0.3 is 4.42 Å². The molecule has 0 fully saturated rings. The number of hydrogen-bond donors (Lipinski definition) is 0. The summed E-state index contributed by atoms with van der Waals surface area (Å²) in [5.74, 6) is 0. The normalized spacial score (nSPS) is 11.9. The molecule has 0 aliphatic carbocycles. The van der Waals surface area contributed by atoms with Crippen LogP contribution in [0.4, 0.5) is 0 Å². The molecule has 0 N–H and O–H groups in total. The molecule has 4 heterocycles. The van der Waals surface area contributed by atoms with E-state index in [2.05, 4.69) is 182 Å². The van der Waals surface area contributed by atoms with E-state index in [9.17, 15) is 0 Å². The number of benzene rings is 9. The van der Waals surface area contributed by atoms with Gasteiger partial charge >= 0.3 is 0 Å². The highest BCUT2D eigenvalue weighted by molar-refractivity contribution is 6.25. The van der Waals surface area contributed by atoms with Crippen molar-refractivity contribution in [3.63, 3.8) is 0 Å². The largest absolute Gasteiger partial charge is 0.455 e. The third kappa shape index (κ3) is 5.16. The maximum atomic E-state index is 6.59. The van der Waals surface area contributed by atoms with E-state index in [4.69, 9.17) is 19.4 Å². The maximum Gasteiger partial charge on any atom is 0.144 e. The van der Waals surface area contributed by atoms with Crippen LogP contribution in [0.25, 0.3) is 132 Å². The topological polar surface area (TPSA) is 51.8 Å². The van der Waals surface area contributed by atoms with Gasteiger partial charge in [-0.05, 0) is 63.0 Å². The van der Waals surface area contributed by atoms with Gasteiger partial charge in [-0.15, -0.1) is 0 Å². The van der Waals surface area contributed by atoms with Gasteiger partial charge in [0.2, 0.25) is 0 Å². The third-order valence-electron chi connectivity index (χ3n) is 12.4. The summed E-state index contributed by atoms with van der Waals surface area (Å²) < 4.78 is 6.59. The average molecular weight is 776 g/mol. The highest BCUT2D eigenvalue weighted by atomic mass is 16.3. The molecule has 0 atom stereocenters. The smallest absolute Gasteiger partial charge is 0.144 e. The third-order valence-corrected chi connectivity index (χ3v) is 12.4. The van der Waals surface area contributed by atoms with Gasteiger partial charge in [-0.25, -0.2) is 15.0 Å². The molecule has 4 aromatic heterocycles. The summed E-state index contributed by atoms with van der Waals surface area (Å²) in [5, 5.41) is 12.3. The van der Waals surface area contributed by atoms with Crippen molar-refractivity contribution in [2.75, 3.05) is 0 Å². The first-order valence-corrected chi connectivity index (χ1v) is 20.7. The fourth-order valence-corrected chi connectivity index (χ4v) is 9.62. The highest BCUT2D eigenvalue weighted by Gasteiger charge is 2.20. The van der Waals surface area contributed by atoms with Gasteiger partial charge in [0.25, 0.3) is 0 Å². The van der Waals surface area contributed by atoms with Gasteiger partial charge in [0.15, 0.2) is 0 Å². The maximum absolute atomic E-state index is 6.59. The van der Waals surface area contributed by atoms with E-state index in [1.165, 1.54) is 16.3 Å². The van der Waals surface area contributed by atoms with Gasteiger partial charge in [-0.2, -0.15) is 0 Å². The molecule has 282 valence electrons. The van der Waals surface area contributed by atoms with Crippen molar-refractivity contribution in [3.8, 4) is 44.9 Å². The zero-order valence-electron chi connectivity index (χ0n) is 32.8. The second-order valence-electron chi connectivity index (χ2n) is 15.8. The van der Waals surface area contributed by atoms with Gasteiger partial charge in [0.05, 0.1) is 33.6 Å². The number of pyridine rings is 3. The van der Waals surface area contributed by atoms with Crippen LogP contribution in [0.1, 0.15) is 0 Å². The molecule has 4 nitrogen and oxygen atoms in total. The first-order valence-electron chi connectivity index (χ1n) is 20.7. The van der Waals surface area contributed by atoms with Crippen LogP contribution in [0.2, 0.25) is 0 Å². The number of fused-ring (bicyclic) bond motifs is 12. The lowest BCUT2D eigenvalue weighted by molar-refractivity contribution is 0.673. The molecule has 0 saturated carbocycles. The summed E-state index contributed by atoms with van der Waals surface area (Å²) >= 11 is 0. The lowest BCUT2D eigenvalue weighted by Gasteiger charge is -2.18. The molecule has 61 heavy (non-hydrogen) atoms. The minimum atomic E-state index is 0.890. The van der Waals surface area contributed by atoms with E-state index in [0.29, 0.717) is 0 Å². The lowest BCUT2D eigenvalue weighted by Crippen LogP contribution is -1.94. The average Bonchev–Trinajstić information content (AvgIpc) is 3.72. The molecule has 9 aromatic carbocycles. The van der Waals surface area contributed by atoms with Crippen molar-refractivity contribution < 1.29 is 4.42 Å². The van der Waals surface area contributed by atoms with Crippen molar-refractivity contribution in [3.05, 3.63) is 200 Å². The minimum Gasteiger partial charge on any atom is -0.455 e. The first kappa shape index (κ1) is 33.7. The fraction of sp³-hybridized carbons (Fsp3) is 0. The van der Waals surface area contributed by atoms with Crippen molar-refractivity contribution >= 4 is 87.0 Å². The Labute approximate surface area is 350 Å². The Hall–Kier alpha value is -8.21. The Morgan fingerprint density at radius 1 is 0.311 bits per heavy atom. The molecule has 0 bridgehead atoms. The van der Waals surface area contributed by atoms with Gasteiger partial charge in [-0.3, -0.25) is 0 Å². The number of rotatable bonds is 4. The zero-order chi connectivity index (χ0) is 40.0. The Morgan fingerprint density at radius 3 is 1.54 bits per heavy atom. The summed E-state index contributed by atoms with van der Waals surface area (Å²) in [4.78, 5) is 15.9. The molecule has 0 spiro atoms. The Balaban J connectivity index is 0.989. The minimum absolute atomic E-state index is 0.890. The van der Waals surface area contributed by atoms with Crippen LogP contribution < -0.4 is 0 Å². The second kappa shape index (κ2) is 13.2. The molecule has 4 heteroatoms. The van der Waals surface area contributed by atoms with Crippen LogP contribution >= 0.6 is 0 Å². The quantitative estimate of drug-likeness (QED) is 0.132. The molecule has 0 aliphatic rings. The van der Waals surface area contributed by atoms with Crippen LogP contribution in [-0.4, -0.2) is 15.0 Å². The second-order valence-corrected chi connectivity index (χ2v) is 15.8. The van der Waals surface area contributed by atoms with Crippen molar-refractivity contribution in [2.24, 2.45) is 0 Å². The number of nitrogens with zero attached hydrogens (tertiary/aromatic N) is 3. The molecular formula is C57H33N3O. The van der Waals surface area contributed by atoms with E-state index < -0.39 is 0 Å². The zero-order valence-corrected chi connectivity index (χ0v) is 32.8. The summed E-state index contributed by atoms with van der Waals surface area (Å²) in [7, 11) is 0. The molecule has 0 amide bonds. The van der Waals surface area contributed by atoms with Crippen LogP contribution in [0.15, 0.2) is 205 Å². The van der Waals surface area contributed by atoms with Crippen molar-refractivity contribution in [2.45, 2.75) is 0 Å². The van der Waals surface area contributed by atoms with Crippen LogP contribution in [0.5, 0.6) is 0 Å². The summed E-state index contributed by atoms with van der Waals surface area (Å²) in [5.41, 5.74) is 12.9. The van der Waals surface area contributed by atoms with Gasteiger partial charge in [0.1, 0.15) is 11.2 Å². The number of hydrogen-bond acceptors (Lipinski definition) is 4. The van der Waals surface area contributed by atoms with E-state index in [1.54, 1.807) is 0 Å². The SMILES string of the molecule is c1ccc(-c2ccc3ccc4ccc(-c5c6ccccc6c(-c6ccc(-c7nc8ccccc8c8c7ccc7c9ccccc9oc78)cc6)c6ccccc56)nc4c3n2)cc1. The molecular weight excluding hydrogens is 743 g/mol. The lowest BCUT2D eigenvalue weighted by atomic mass is 9.86. The van der Waals surface area contributed by atoms with E-state index in [-0.39, 0.29) is 0 Å². The molecule has 0 saturated heterocycles. The van der Waals surface area contributed by atoms with Crippen LogP contribution in [-0.2, 0) is 0 Å². The predicted molar refractivity (Wildman–Crippen MR) is 254 cm³/mol.